The number of rotatable bonds is 7. The number of nitrogens with one attached hydrogen (secondary N) is 2. The molecule has 6 aromatic rings. The summed E-state index contributed by atoms with van der Waals surface area (Å²) >= 11 is 12.1. The van der Waals surface area contributed by atoms with E-state index in [9.17, 15) is 8.42 Å². The first kappa shape index (κ1) is 32.5. The van der Waals surface area contributed by atoms with Crippen LogP contribution in [0.15, 0.2) is 71.9 Å². The summed E-state index contributed by atoms with van der Waals surface area (Å²) in [6, 6.07) is 15.1. The minimum Gasteiger partial charge on any atom is -0.381 e. The molecule has 0 aliphatic carbocycles. The van der Waals surface area contributed by atoms with E-state index in [2.05, 4.69) is 35.2 Å². The smallest absolute Gasteiger partial charge is 0.263 e. The molecule has 17 heteroatoms. The summed E-state index contributed by atoms with van der Waals surface area (Å²) in [5.74, 6) is -1.89. The van der Waals surface area contributed by atoms with Gasteiger partial charge >= 0.3 is 0 Å². The molecule has 0 radical (unpaired) electrons. The van der Waals surface area contributed by atoms with Crippen molar-refractivity contribution in [3.63, 3.8) is 0 Å². The van der Waals surface area contributed by atoms with E-state index in [0.717, 1.165) is 74.4 Å². The highest BCUT2D eigenvalue weighted by Gasteiger charge is 2.38. The fourth-order valence-corrected chi connectivity index (χ4v) is 8.34. The summed E-state index contributed by atoms with van der Waals surface area (Å²) in [6.45, 7) is 3.42. The van der Waals surface area contributed by atoms with Crippen LogP contribution in [0.5, 0.6) is 0 Å². The van der Waals surface area contributed by atoms with E-state index in [1.165, 1.54) is 24.5 Å². The molecule has 2 aliphatic rings. The molecule has 3 aromatic carbocycles. The molecule has 0 atom stereocenters. The van der Waals surface area contributed by atoms with E-state index in [1.807, 2.05) is 18.2 Å². The molecule has 8 rings (SSSR count). The molecule has 0 saturated carbocycles. The predicted molar refractivity (Wildman–Crippen MR) is 186 cm³/mol. The van der Waals surface area contributed by atoms with E-state index >= 15 is 8.78 Å². The number of pyridine rings is 1. The summed E-state index contributed by atoms with van der Waals surface area (Å²) in [7, 11) is -4.41. The normalized spacial score (nSPS) is 16.0. The van der Waals surface area contributed by atoms with Crippen molar-refractivity contribution in [2.45, 2.75) is 24.2 Å². The van der Waals surface area contributed by atoms with Gasteiger partial charge in [0, 0.05) is 19.7 Å². The molecule has 3 aromatic heterocycles. The second-order valence-corrected chi connectivity index (χ2v) is 14.7. The van der Waals surface area contributed by atoms with Crippen LogP contribution in [0.3, 0.4) is 0 Å². The fourth-order valence-electron chi connectivity index (χ4n) is 6.52. The van der Waals surface area contributed by atoms with Crippen LogP contribution in [0.25, 0.3) is 27.9 Å². The number of ether oxygens (including phenoxy) is 1. The van der Waals surface area contributed by atoms with Crippen LogP contribution in [0.4, 0.5) is 31.7 Å². The van der Waals surface area contributed by atoms with E-state index < -0.39 is 33.0 Å². The Labute approximate surface area is 294 Å². The highest BCUT2D eigenvalue weighted by Crippen LogP contribution is 2.41. The van der Waals surface area contributed by atoms with Crippen molar-refractivity contribution in [3.05, 3.63) is 88.7 Å². The van der Waals surface area contributed by atoms with Crippen LogP contribution < -0.4 is 14.9 Å². The maximum Gasteiger partial charge on any atom is 0.263 e. The number of sulfonamides is 1. The topological polar surface area (TPSA) is 140 Å². The summed E-state index contributed by atoms with van der Waals surface area (Å²) in [5.41, 5.74) is 2.04. The molecule has 0 unspecified atom stereocenters. The van der Waals surface area contributed by atoms with Gasteiger partial charge in [0.2, 0.25) is 0 Å². The predicted octanol–water partition coefficient (Wildman–Crippen LogP) is 6.90. The van der Waals surface area contributed by atoms with Gasteiger partial charge in [-0.1, -0.05) is 40.5 Å². The molecule has 256 valence electrons. The summed E-state index contributed by atoms with van der Waals surface area (Å²) in [5, 5.41) is 11.3. The van der Waals surface area contributed by atoms with Crippen molar-refractivity contribution in [3.8, 4) is 5.82 Å². The van der Waals surface area contributed by atoms with Crippen molar-refractivity contribution < 1.29 is 21.9 Å². The van der Waals surface area contributed by atoms with Crippen molar-refractivity contribution in [2.24, 2.45) is 5.41 Å². The zero-order valence-electron chi connectivity index (χ0n) is 26.1. The molecule has 2 aliphatic heterocycles. The zero-order chi connectivity index (χ0) is 34.6. The van der Waals surface area contributed by atoms with Crippen LogP contribution >= 0.6 is 23.2 Å². The van der Waals surface area contributed by atoms with Crippen LogP contribution in [0, 0.1) is 17.0 Å². The number of fused-ring (bicyclic) bond motifs is 2. The van der Waals surface area contributed by atoms with Gasteiger partial charge in [-0.3, -0.25) is 4.72 Å². The van der Waals surface area contributed by atoms with E-state index in [-0.39, 0.29) is 31.7 Å². The van der Waals surface area contributed by atoms with Crippen molar-refractivity contribution in [2.75, 3.05) is 41.2 Å². The lowest BCUT2D eigenvalue weighted by molar-refractivity contribution is 0.134. The van der Waals surface area contributed by atoms with Gasteiger partial charge in [-0.2, -0.15) is 4.68 Å². The molecule has 2 N–H and O–H groups in total. The van der Waals surface area contributed by atoms with Gasteiger partial charge in [-0.05, 0) is 73.2 Å². The molecule has 0 bridgehead atoms. The molecule has 50 heavy (non-hydrogen) atoms. The molecule has 12 nitrogen and oxygen atoms in total. The van der Waals surface area contributed by atoms with Gasteiger partial charge in [-0.25, -0.2) is 32.2 Å². The Hall–Kier alpha value is -4.70. The summed E-state index contributed by atoms with van der Waals surface area (Å²) in [6.07, 6.45) is 4.41. The number of piperidine rings is 1. The Balaban J connectivity index is 1.11. The van der Waals surface area contributed by atoms with E-state index in [1.54, 1.807) is 16.8 Å². The highest BCUT2D eigenvalue weighted by molar-refractivity contribution is 7.92. The first-order chi connectivity index (χ1) is 24.1. The zero-order valence-corrected chi connectivity index (χ0v) is 28.4. The lowest BCUT2D eigenvalue weighted by atomic mass is 9.78. The van der Waals surface area contributed by atoms with E-state index in [4.69, 9.17) is 32.9 Å². The van der Waals surface area contributed by atoms with Crippen molar-refractivity contribution in [1.82, 2.24) is 29.9 Å². The van der Waals surface area contributed by atoms with Gasteiger partial charge in [0.25, 0.3) is 10.0 Å². The average molecular weight is 739 g/mol. The van der Waals surface area contributed by atoms with Crippen LogP contribution in [0.2, 0.25) is 10.0 Å². The number of hydrogen-bond acceptors (Lipinski definition) is 10. The monoisotopic (exact) mass is 737 g/mol. The fraction of sp³-hybridized carbons (Fsp3) is 0.242. The summed E-state index contributed by atoms with van der Waals surface area (Å²) in [4.78, 5) is 15.1. The number of nitrogens with zero attached hydrogens (tertiary/aromatic N) is 7. The molecule has 1 spiro atoms. The highest BCUT2D eigenvalue weighted by atomic mass is 35.5. The molecule has 2 saturated heterocycles. The standard InChI is InChI=1S/C33H27Cl2F2N9O3S/c34-19-3-1-6-25(27(19)35)50(47,48)43-21-8-7-20(36)29(28(21)37)41-32-30-22(38-18-39-32)9-10-26(40-30)46-24-5-2-4-23(31(24)42-44-46)45-14-11-33(12-15-45)13-16-49-17-33/h1-10,18,43H,11-17H2,(H,38,39,41). The average Bonchev–Trinajstić information content (AvgIpc) is 3.77. The van der Waals surface area contributed by atoms with Crippen molar-refractivity contribution >= 4 is 78.2 Å². The third-order valence-electron chi connectivity index (χ3n) is 9.27. The maximum atomic E-state index is 15.8. The number of aromatic nitrogens is 6. The quantitative estimate of drug-likeness (QED) is 0.178. The second kappa shape index (κ2) is 12.6. The van der Waals surface area contributed by atoms with Gasteiger partial charge in [0.1, 0.15) is 33.8 Å². The Kier molecular flexibility index (Phi) is 8.17. The molecule has 5 heterocycles. The van der Waals surface area contributed by atoms with Gasteiger partial charge in [0.05, 0.1) is 39.1 Å². The third kappa shape index (κ3) is 5.73. The van der Waals surface area contributed by atoms with Gasteiger partial charge in [0.15, 0.2) is 17.5 Å². The lowest BCUT2D eigenvalue weighted by Gasteiger charge is -2.39. The number of benzene rings is 3. The van der Waals surface area contributed by atoms with Crippen LogP contribution in [-0.4, -0.2) is 64.7 Å². The number of hydrogen-bond donors (Lipinski definition) is 2. The maximum absolute atomic E-state index is 15.8. The molecule has 2 fully saturated rings. The number of anilines is 4. The third-order valence-corrected chi connectivity index (χ3v) is 11.6. The number of halogens is 4. The first-order valence-corrected chi connectivity index (χ1v) is 17.9. The largest absolute Gasteiger partial charge is 0.381 e. The van der Waals surface area contributed by atoms with Gasteiger partial charge < -0.3 is 15.0 Å². The summed E-state index contributed by atoms with van der Waals surface area (Å²) < 4.78 is 66.5. The minimum atomic E-state index is -4.41. The van der Waals surface area contributed by atoms with Crippen LogP contribution in [0.1, 0.15) is 19.3 Å². The van der Waals surface area contributed by atoms with Gasteiger partial charge in [-0.15, -0.1) is 5.10 Å². The Morgan fingerprint density at radius 1 is 0.920 bits per heavy atom. The van der Waals surface area contributed by atoms with Crippen molar-refractivity contribution in [1.29, 1.82) is 0 Å². The second-order valence-electron chi connectivity index (χ2n) is 12.3. The molecular weight excluding hydrogens is 711 g/mol. The Bertz CT molecular complexity index is 2400. The Morgan fingerprint density at radius 2 is 1.74 bits per heavy atom. The SMILES string of the molecule is O=S(=O)(Nc1ccc(F)c(Nc2ncnc3ccc(-n4nnc5c(N6CCC7(CCOC7)CC6)cccc54)nc23)c1F)c1cccc(Cl)c1Cl. The lowest BCUT2D eigenvalue weighted by Crippen LogP contribution is -2.40. The van der Waals surface area contributed by atoms with E-state index in [0.29, 0.717) is 11.3 Å². The minimum absolute atomic E-state index is 0.00623. The molecule has 0 amide bonds. The first-order valence-electron chi connectivity index (χ1n) is 15.6. The van der Waals surface area contributed by atoms with Crippen LogP contribution in [-0.2, 0) is 14.8 Å². The molecular formula is C33H27Cl2F2N9O3S. The Morgan fingerprint density at radius 3 is 2.54 bits per heavy atom.